The Morgan fingerprint density at radius 3 is 2.30 bits per heavy atom. The summed E-state index contributed by atoms with van der Waals surface area (Å²) in [6.07, 6.45) is 0. The zero-order chi connectivity index (χ0) is 22.0. The lowest BCUT2D eigenvalue weighted by atomic mass is 9.96. The Hall–Kier alpha value is -4.25. The van der Waals surface area contributed by atoms with Crippen molar-refractivity contribution >= 4 is 11.5 Å². The van der Waals surface area contributed by atoms with Crippen molar-refractivity contribution in [3.63, 3.8) is 0 Å². The molecular weight excluding hydrogens is 386 g/mol. The average molecular weight is 403 g/mol. The number of non-ortho nitro benzene ring substituents is 1. The van der Waals surface area contributed by atoms with E-state index >= 15 is 0 Å². The van der Waals surface area contributed by atoms with Gasteiger partial charge in [-0.1, -0.05) is 30.3 Å². The molecule has 1 aromatic heterocycles. The van der Waals surface area contributed by atoms with Crippen molar-refractivity contribution in [1.82, 2.24) is 4.57 Å². The molecule has 3 rings (SSSR count). The molecule has 8 nitrogen and oxygen atoms in total. The second kappa shape index (κ2) is 8.01. The number of nitro benzene ring substituents is 1. The van der Waals surface area contributed by atoms with Gasteiger partial charge < -0.3 is 5.11 Å². The normalized spacial score (nSPS) is 11.5. The van der Waals surface area contributed by atoms with Crippen LogP contribution in [0.3, 0.4) is 0 Å². The topological polar surface area (TPSA) is 126 Å². The van der Waals surface area contributed by atoms with Crippen molar-refractivity contribution < 1.29 is 14.8 Å². The van der Waals surface area contributed by atoms with Crippen LogP contribution in [0.5, 0.6) is 5.88 Å². The number of aromatic hydroxyl groups is 1. The predicted molar refractivity (Wildman–Crippen MR) is 109 cm³/mol. The van der Waals surface area contributed by atoms with Crippen molar-refractivity contribution in [2.24, 2.45) is 0 Å². The molecule has 0 spiro atoms. The SMILES string of the molecule is Cc1c(C(=O)c2ccc([N+](=O)[O-])cc2)c(O)n(C(C)c2ccccc2)c(=O)c1C#N. The van der Waals surface area contributed by atoms with Crippen LogP contribution in [0.2, 0.25) is 0 Å². The highest BCUT2D eigenvalue weighted by atomic mass is 16.6. The minimum Gasteiger partial charge on any atom is -0.494 e. The van der Waals surface area contributed by atoms with E-state index < -0.39 is 28.2 Å². The number of hydrogen-bond acceptors (Lipinski definition) is 6. The lowest BCUT2D eigenvalue weighted by Crippen LogP contribution is -2.29. The Kier molecular flexibility index (Phi) is 5.47. The molecule has 150 valence electrons. The molecule has 1 N–H and O–H groups in total. The number of nitriles is 1. The molecule has 1 atom stereocenters. The van der Waals surface area contributed by atoms with Crippen LogP contribution in [0.1, 0.15) is 45.6 Å². The van der Waals surface area contributed by atoms with Gasteiger partial charge in [0.25, 0.3) is 11.2 Å². The number of nitrogens with zero attached hydrogens (tertiary/aromatic N) is 3. The van der Waals surface area contributed by atoms with Gasteiger partial charge in [0.2, 0.25) is 5.88 Å². The molecule has 0 aliphatic carbocycles. The van der Waals surface area contributed by atoms with Crippen molar-refractivity contribution in [3.05, 3.63) is 103 Å². The second-order valence-electron chi connectivity index (χ2n) is 6.71. The van der Waals surface area contributed by atoms with Crippen molar-refractivity contribution in [3.8, 4) is 11.9 Å². The van der Waals surface area contributed by atoms with E-state index in [1.807, 2.05) is 6.07 Å². The number of nitro groups is 1. The number of ketones is 1. The summed E-state index contributed by atoms with van der Waals surface area (Å²) in [4.78, 5) is 36.2. The van der Waals surface area contributed by atoms with Gasteiger partial charge >= 0.3 is 0 Å². The maximum Gasteiger partial charge on any atom is 0.272 e. The highest BCUT2D eigenvalue weighted by Gasteiger charge is 2.27. The smallest absolute Gasteiger partial charge is 0.272 e. The number of carbonyl (C=O) groups is 1. The van der Waals surface area contributed by atoms with E-state index in [9.17, 15) is 30.1 Å². The van der Waals surface area contributed by atoms with Gasteiger partial charge in [-0.15, -0.1) is 0 Å². The number of carbonyl (C=O) groups excluding carboxylic acids is 1. The Labute approximate surface area is 171 Å². The molecule has 0 bridgehead atoms. The average Bonchev–Trinajstić information content (AvgIpc) is 2.74. The maximum absolute atomic E-state index is 13.1. The molecule has 0 fully saturated rings. The summed E-state index contributed by atoms with van der Waals surface area (Å²) in [5.74, 6) is -1.21. The summed E-state index contributed by atoms with van der Waals surface area (Å²) < 4.78 is 1.01. The standard InChI is InChI=1S/C22H17N3O5/c1-13-18(12-23)21(27)24(14(2)15-6-4-3-5-7-15)22(28)19(13)20(26)16-8-10-17(11-9-16)25(29)30/h3-11,14,28H,1-2H3. The highest BCUT2D eigenvalue weighted by Crippen LogP contribution is 2.29. The number of pyridine rings is 1. The van der Waals surface area contributed by atoms with E-state index in [4.69, 9.17) is 0 Å². The molecule has 0 saturated carbocycles. The highest BCUT2D eigenvalue weighted by molar-refractivity contribution is 6.11. The van der Waals surface area contributed by atoms with Crippen LogP contribution >= 0.6 is 0 Å². The van der Waals surface area contributed by atoms with Gasteiger partial charge in [-0.3, -0.25) is 24.3 Å². The fourth-order valence-electron chi connectivity index (χ4n) is 3.31. The van der Waals surface area contributed by atoms with E-state index in [0.29, 0.717) is 5.56 Å². The van der Waals surface area contributed by atoms with Crippen LogP contribution < -0.4 is 5.56 Å². The van der Waals surface area contributed by atoms with Gasteiger partial charge in [-0.05, 0) is 37.1 Å². The van der Waals surface area contributed by atoms with E-state index in [2.05, 4.69) is 0 Å². The summed E-state index contributed by atoms with van der Waals surface area (Å²) >= 11 is 0. The van der Waals surface area contributed by atoms with Crippen molar-refractivity contribution in [1.29, 1.82) is 5.26 Å². The largest absolute Gasteiger partial charge is 0.494 e. The molecule has 2 aromatic carbocycles. The molecule has 0 amide bonds. The third-order valence-corrected chi connectivity index (χ3v) is 4.98. The van der Waals surface area contributed by atoms with Crippen LogP contribution in [0, 0.1) is 28.4 Å². The Balaban J connectivity index is 2.22. The van der Waals surface area contributed by atoms with E-state index in [1.165, 1.54) is 31.2 Å². The van der Waals surface area contributed by atoms with Crippen molar-refractivity contribution in [2.45, 2.75) is 19.9 Å². The van der Waals surface area contributed by atoms with Gasteiger partial charge in [0.15, 0.2) is 5.78 Å². The molecule has 0 saturated heterocycles. The summed E-state index contributed by atoms with van der Waals surface area (Å²) in [5, 5.41) is 31.3. The van der Waals surface area contributed by atoms with Gasteiger partial charge in [0.05, 0.1) is 16.5 Å². The quantitative estimate of drug-likeness (QED) is 0.395. The van der Waals surface area contributed by atoms with E-state index in [1.54, 1.807) is 37.3 Å². The maximum atomic E-state index is 13.1. The first-order chi connectivity index (χ1) is 14.3. The molecular formula is C22H17N3O5. The van der Waals surface area contributed by atoms with Crippen LogP contribution in [-0.2, 0) is 0 Å². The zero-order valence-corrected chi connectivity index (χ0v) is 16.2. The first-order valence-electron chi connectivity index (χ1n) is 9.00. The van der Waals surface area contributed by atoms with Gasteiger partial charge in [-0.2, -0.15) is 5.26 Å². The molecule has 3 aromatic rings. The summed E-state index contributed by atoms with van der Waals surface area (Å²) in [5.41, 5.74) is -0.489. The molecule has 8 heteroatoms. The molecule has 0 radical (unpaired) electrons. The monoisotopic (exact) mass is 403 g/mol. The number of hydrogen-bond donors (Lipinski definition) is 1. The first-order valence-corrected chi connectivity index (χ1v) is 9.00. The Morgan fingerprint density at radius 1 is 1.17 bits per heavy atom. The summed E-state index contributed by atoms with van der Waals surface area (Å²) in [6, 6.07) is 14.9. The Morgan fingerprint density at radius 2 is 1.77 bits per heavy atom. The molecule has 0 aliphatic rings. The van der Waals surface area contributed by atoms with Gasteiger partial charge in [-0.25, -0.2) is 0 Å². The number of benzene rings is 2. The lowest BCUT2D eigenvalue weighted by molar-refractivity contribution is -0.384. The fraction of sp³-hybridized carbons (Fsp3) is 0.136. The fourth-order valence-corrected chi connectivity index (χ4v) is 3.31. The van der Waals surface area contributed by atoms with Crippen LogP contribution in [0.4, 0.5) is 5.69 Å². The summed E-state index contributed by atoms with van der Waals surface area (Å²) in [7, 11) is 0. The molecule has 0 aliphatic heterocycles. The molecule has 30 heavy (non-hydrogen) atoms. The van der Waals surface area contributed by atoms with Gasteiger partial charge in [0.1, 0.15) is 11.6 Å². The minimum atomic E-state index is -0.705. The molecule has 1 unspecified atom stereocenters. The first kappa shape index (κ1) is 20.5. The van der Waals surface area contributed by atoms with E-state index in [0.717, 1.165) is 4.57 Å². The van der Waals surface area contributed by atoms with E-state index in [-0.39, 0.29) is 27.9 Å². The third kappa shape index (κ3) is 3.44. The second-order valence-corrected chi connectivity index (χ2v) is 6.71. The lowest BCUT2D eigenvalue weighted by Gasteiger charge is -2.21. The van der Waals surface area contributed by atoms with Crippen molar-refractivity contribution in [2.75, 3.05) is 0 Å². The summed E-state index contributed by atoms with van der Waals surface area (Å²) in [6.45, 7) is 3.09. The predicted octanol–water partition coefficient (Wildman–Crippen LogP) is 3.48. The zero-order valence-electron chi connectivity index (χ0n) is 16.2. The van der Waals surface area contributed by atoms with Crippen LogP contribution in [0.15, 0.2) is 59.4 Å². The molecule has 1 heterocycles. The Bertz CT molecular complexity index is 1240. The minimum absolute atomic E-state index is 0.0554. The van der Waals surface area contributed by atoms with Crippen LogP contribution in [-0.4, -0.2) is 20.4 Å². The number of aromatic nitrogens is 1. The van der Waals surface area contributed by atoms with Crippen LogP contribution in [0.25, 0.3) is 0 Å². The third-order valence-electron chi connectivity index (χ3n) is 4.98. The van der Waals surface area contributed by atoms with Gasteiger partial charge in [0, 0.05) is 17.7 Å². The number of rotatable bonds is 5.